The molecular weight excluding hydrogens is 271 g/mol. The fourth-order valence-corrected chi connectivity index (χ4v) is 3.04. The molecule has 2 rings (SSSR count). The van der Waals surface area contributed by atoms with Gasteiger partial charge in [-0.1, -0.05) is 0 Å². The van der Waals surface area contributed by atoms with Crippen LogP contribution in [0.15, 0.2) is 23.1 Å². The van der Waals surface area contributed by atoms with Gasteiger partial charge in [-0.15, -0.1) is 0 Å². The van der Waals surface area contributed by atoms with E-state index >= 15 is 0 Å². The van der Waals surface area contributed by atoms with Crippen molar-refractivity contribution in [3.05, 3.63) is 24.0 Å². The minimum Gasteiger partial charge on any atom is -0.396 e. The molecule has 0 radical (unpaired) electrons. The standard InChI is InChI=1S/C12H17FN2O3S/c13-11-5-4-10(7-12(11)14)19(16,17)15-8-9-3-1-2-6-18-9/h4-5,7,9,15H,1-3,6,8,14H2. The van der Waals surface area contributed by atoms with Crippen molar-refractivity contribution in [3.8, 4) is 0 Å². The molecule has 1 fully saturated rings. The van der Waals surface area contributed by atoms with E-state index in [0.29, 0.717) is 6.61 Å². The molecule has 0 aliphatic carbocycles. The van der Waals surface area contributed by atoms with Crippen molar-refractivity contribution in [3.63, 3.8) is 0 Å². The number of halogens is 1. The Labute approximate surface area is 112 Å². The Kier molecular flexibility index (Phi) is 4.38. The van der Waals surface area contributed by atoms with Crippen molar-refractivity contribution >= 4 is 15.7 Å². The SMILES string of the molecule is Nc1cc(S(=O)(=O)NCC2CCCCO2)ccc1F. The molecule has 1 aliphatic rings. The lowest BCUT2D eigenvalue weighted by Gasteiger charge is -2.22. The van der Waals surface area contributed by atoms with Crippen LogP contribution in [0, 0.1) is 5.82 Å². The van der Waals surface area contributed by atoms with Crippen LogP contribution in [0.2, 0.25) is 0 Å². The normalized spacial score (nSPS) is 20.4. The number of nitrogens with two attached hydrogens (primary N) is 1. The molecule has 0 saturated carbocycles. The van der Waals surface area contributed by atoms with Crippen LogP contribution in [-0.4, -0.2) is 27.7 Å². The highest BCUT2D eigenvalue weighted by Gasteiger charge is 2.19. The maximum Gasteiger partial charge on any atom is 0.240 e. The number of rotatable bonds is 4. The zero-order valence-corrected chi connectivity index (χ0v) is 11.2. The van der Waals surface area contributed by atoms with E-state index in [1.165, 1.54) is 6.07 Å². The highest BCUT2D eigenvalue weighted by molar-refractivity contribution is 7.89. The number of sulfonamides is 1. The van der Waals surface area contributed by atoms with E-state index < -0.39 is 15.8 Å². The van der Waals surface area contributed by atoms with Gasteiger partial charge in [-0.3, -0.25) is 0 Å². The number of nitrogens with one attached hydrogen (secondary N) is 1. The fraction of sp³-hybridized carbons (Fsp3) is 0.500. The summed E-state index contributed by atoms with van der Waals surface area (Å²) in [4.78, 5) is -0.0396. The predicted octanol–water partition coefficient (Wildman–Crippen LogP) is 1.26. The van der Waals surface area contributed by atoms with Crippen molar-refractivity contribution in [2.75, 3.05) is 18.9 Å². The third kappa shape index (κ3) is 3.65. The third-order valence-electron chi connectivity index (χ3n) is 3.05. The molecule has 1 atom stereocenters. The van der Waals surface area contributed by atoms with Crippen molar-refractivity contribution in [1.82, 2.24) is 4.72 Å². The van der Waals surface area contributed by atoms with Crippen molar-refractivity contribution in [2.24, 2.45) is 0 Å². The van der Waals surface area contributed by atoms with E-state index in [-0.39, 0.29) is 23.2 Å². The minimum absolute atomic E-state index is 0.0396. The smallest absolute Gasteiger partial charge is 0.240 e. The lowest BCUT2D eigenvalue weighted by atomic mass is 10.1. The van der Waals surface area contributed by atoms with E-state index in [4.69, 9.17) is 10.5 Å². The number of nitrogen functional groups attached to an aromatic ring is 1. The second kappa shape index (κ2) is 5.85. The molecule has 1 aliphatic heterocycles. The Morgan fingerprint density at radius 2 is 2.21 bits per heavy atom. The van der Waals surface area contributed by atoms with E-state index in [2.05, 4.69) is 4.72 Å². The average molecular weight is 288 g/mol. The quantitative estimate of drug-likeness (QED) is 0.817. The van der Waals surface area contributed by atoms with Crippen LogP contribution < -0.4 is 10.5 Å². The maximum absolute atomic E-state index is 13.0. The lowest BCUT2D eigenvalue weighted by Crippen LogP contribution is -2.35. The summed E-state index contributed by atoms with van der Waals surface area (Å²) in [6, 6.07) is 3.34. The van der Waals surface area contributed by atoms with Gasteiger partial charge in [0.1, 0.15) is 5.82 Å². The zero-order chi connectivity index (χ0) is 13.9. The summed E-state index contributed by atoms with van der Waals surface area (Å²) in [5.74, 6) is -0.630. The molecule has 1 heterocycles. The minimum atomic E-state index is -3.68. The third-order valence-corrected chi connectivity index (χ3v) is 4.47. The molecule has 19 heavy (non-hydrogen) atoms. The van der Waals surface area contributed by atoms with Gasteiger partial charge in [0.25, 0.3) is 0 Å². The van der Waals surface area contributed by atoms with Gasteiger partial charge in [0, 0.05) is 13.2 Å². The van der Waals surface area contributed by atoms with Crippen molar-refractivity contribution in [2.45, 2.75) is 30.3 Å². The van der Waals surface area contributed by atoms with Crippen molar-refractivity contribution in [1.29, 1.82) is 0 Å². The van der Waals surface area contributed by atoms with Crippen LogP contribution in [0.25, 0.3) is 0 Å². The first-order chi connectivity index (χ1) is 8.99. The Hall–Kier alpha value is -1.18. The van der Waals surface area contributed by atoms with Gasteiger partial charge >= 0.3 is 0 Å². The van der Waals surface area contributed by atoms with Crippen LogP contribution in [0.4, 0.5) is 10.1 Å². The summed E-state index contributed by atoms with van der Waals surface area (Å²) in [6.07, 6.45) is 2.79. The molecule has 1 saturated heterocycles. The average Bonchev–Trinajstić information content (AvgIpc) is 2.41. The first kappa shape index (κ1) is 14.2. The van der Waals surface area contributed by atoms with Gasteiger partial charge < -0.3 is 10.5 Å². The molecule has 0 bridgehead atoms. The molecule has 0 spiro atoms. The van der Waals surface area contributed by atoms with Gasteiger partial charge in [0.05, 0.1) is 16.7 Å². The molecule has 106 valence electrons. The Balaban J connectivity index is 2.02. The first-order valence-corrected chi connectivity index (χ1v) is 7.63. The number of benzene rings is 1. The van der Waals surface area contributed by atoms with Gasteiger partial charge in [-0.2, -0.15) is 0 Å². The highest BCUT2D eigenvalue weighted by Crippen LogP contribution is 2.17. The summed E-state index contributed by atoms with van der Waals surface area (Å²) < 4.78 is 44.9. The largest absolute Gasteiger partial charge is 0.396 e. The monoisotopic (exact) mass is 288 g/mol. The number of ether oxygens (including phenoxy) is 1. The number of anilines is 1. The van der Waals surface area contributed by atoms with E-state index in [9.17, 15) is 12.8 Å². The molecule has 3 N–H and O–H groups in total. The summed E-state index contributed by atoms with van der Waals surface area (Å²) in [6.45, 7) is 0.884. The Bertz CT molecular complexity index is 542. The second-order valence-electron chi connectivity index (χ2n) is 4.52. The van der Waals surface area contributed by atoms with Gasteiger partial charge in [0.2, 0.25) is 10.0 Å². The molecule has 0 aromatic heterocycles. The van der Waals surface area contributed by atoms with Crippen LogP contribution in [0.3, 0.4) is 0 Å². The number of hydrogen-bond donors (Lipinski definition) is 2. The van der Waals surface area contributed by atoms with Gasteiger partial charge in [0.15, 0.2) is 0 Å². The zero-order valence-electron chi connectivity index (χ0n) is 10.4. The summed E-state index contributed by atoms with van der Waals surface area (Å²) in [5.41, 5.74) is 5.18. The summed E-state index contributed by atoms with van der Waals surface area (Å²) in [5, 5.41) is 0. The van der Waals surface area contributed by atoms with Crippen LogP contribution in [-0.2, 0) is 14.8 Å². The van der Waals surface area contributed by atoms with E-state index in [1.807, 2.05) is 0 Å². The molecule has 1 aromatic rings. The molecule has 0 amide bonds. The van der Waals surface area contributed by atoms with Crippen molar-refractivity contribution < 1.29 is 17.5 Å². The van der Waals surface area contributed by atoms with E-state index in [0.717, 1.165) is 31.4 Å². The van der Waals surface area contributed by atoms with Crippen LogP contribution in [0.1, 0.15) is 19.3 Å². The van der Waals surface area contributed by atoms with Crippen LogP contribution >= 0.6 is 0 Å². The Morgan fingerprint density at radius 1 is 1.42 bits per heavy atom. The molecule has 7 heteroatoms. The molecule has 1 aromatic carbocycles. The number of hydrogen-bond acceptors (Lipinski definition) is 4. The molecule has 1 unspecified atom stereocenters. The van der Waals surface area contributed by atoms with E-state index in [1.54, 1.807) is 0 Å². The Morgan fingerprint density at radius 3 is 2.84 bits per heavy atom. The second-order valence-corrected chi connectivity index (χ2v) is 6.29. The summed E-state index contributed by atoms with van der Waals surface area (Å²) >= 11 is 0. The maximum atomic E-state index is 13.0. The molecular formula is C12H17FN2O3S. The summed E-state index contributed by atoms with van der Waals surface area (Å²) in [7, 11) is -3.68. The highest BCUT2D eigenvalue weighted by atomic mass is 32.2. The topological polar surface area (TPSA) is 81.4 Å². The fourth-order valence-electron chi connectivity index (χ4n) is 1.94. The van der Waals surface area contributed by atoms with Gasteiger partial charge in [-0.05, 0) is 37.5 Å². The predicted molar refractivity (Wildman–Crippen MR) is 69.6 cm³/mol. The van der Waals surface area contributed by atoms with Crippen LogP contribution in [0.5, 0.6) is 0 Å². The lowest BCUT2D eigenvalue weighted by molar-refractivity contribution is 0.0200. The molecule has 5 nitrogen and oxygen atoms in total. The van der Waals surface area contributed by atoms with Gasteiger partial charge in [-0.25, -0.2) is 17.5 Å². The first-order valence-electron chi connectivity index (χ1n) is 6.15.